The van der Waals surface area contributed by atoms with Gasteiger partial charge in [-0.1, -0.05) is 25.4 Å². The highest BCUT2D eigenvalue weighted by atomic mass is 35.5. The summed E-state index contributed by atoms with van der Waals surface area (Å²) in [6, 6.07) is 1.81. The minimum absolute atomic E-state index is 0.362. The topological polar surface area (TPSA) is 39.9 Å². The zero-order valence-electron chi connectivity index (χ0n) is 11.8. The molecule has 0 bridgehead atoms. The lowest BCUT2D eigenvalue weighted by molar-refractivity contribution is 0.105. The van der Waals surface area contributed by atoms with E-state index in [-0.39, 0.29) is 0 Å². The van der Waals surface area contributed by atoms with Crippen molar-refractivity contribution in [3.05, 3.63) is 23.1 Å². The van der Waals surface area contributed by atoms with Crippen LogP contribution in [0.2, 0.25) is 5.02 Å². The Morgan fingerprint density at radius 1 is 1.40 bits per heavy atom. The number of ether oxygens (including phenoxy) is 1. The molecule has 0 atom stereocenters. The summed E-state index contributed by atoms with van der Waals surface area (Å²) in [5, 5.41) is 0.587. The van der Waals surface area contributed by atoms with Crippen LogP contribution in [0.3, 0.4) is 0 Å². The normalized spacial score (nSPS) is 11.7. The van der Waals surface area contributed by atoms with Crippen LogP contribution < -0.4 is 0 Å². The van der Waals surface area contributed by atoms with Crippen LogP contribution in [0.5, 0.6) is 0 Å². The summed E-state index contributed by atoms with van der Waals surface area (Å²) in [7, 11) is 0. The van der Waals surface area contributed by atoms with Crippen molar-refractivity contribution < 1.29 is 4.74 Å². The lowest BCUT2D eigenvalue weighted by atomic mass is 10.2. The fourth-order valence-corrected chi connectivity index (χ4v) is 2.37. The molecule has 0 unspecified atom stereocenters. The van der Waals surface area contributed by atoms with Crippen LogP contribution in [0.1, 0.15) is 26.1 Å². The number of alkyl halides is 1. The Labute approximate surface area is 129 Å². The largest absolute Gasteiger partial charge is 0.381 e. The molecule has 0 aromatic carbocycles. The molecule has 0 radical (unpaired) electrons. The summed E-state index contributed by atoms with van der Waals surface area (Å²) in [6.07, 6.45) is 2.54. The van der Waals surface area contributed by atoms with Crippen LogP contribution in [0.15, 0.2) is 12.3 Å². The molecule has 6 heteroatoms. The summed E-state index contributed by atoms with van der Waals surface area (Å²) in [5.41, 5.74) is 1.62. The van der Waals surface area contributed by atoms with Crippen molar-refractivity contribution in [2.24, 2.45) is 5.92 Å². The zero-order valence-corrected chi connectivity index (χ0v) is 13.3. The SMILES string of the molecule is CC(C)COCCCn1c(CCl)nc2cc(Cl)cnc21. The van der Waals surface area contributed by atoms with E-state index in [4.69, 9.17) is 27.9 Å². The van der Waals surface area contributed by atoms with Crippen LogP contribution >= 0.6 is 23.2 Å². The summed E-state index contributed by atoms with van der Waals surface area (Å²) in [4.78, 5) is 8.81. The highest BCUT2D eigenvalue weighted by Gasteiger charge is 2.11. The quantitative estimate of drug-likeness (QED) is 0.575. The number of aromatic nitrogens is 3. The third-order valence-electron chi connectivity index (χ3n) is 2.87. The third kappa shape index (κ3) is 3.84. The second-order valence-corrected chi connectivity index (χ2v) is 5.84. The van der Waals surface area contributed by atoms with Gasteiger partial charge in [0.2, 0.25) is 0 Å². The Morgan fingerprint density at radius 3 is 2.90 bits per heavy atom. The van der Waals surface area contributed by atoms with Gasteiger partial charge < -0.3 is 9.30 Å². The first-order chi connectivity index (χ1) is 9.61. The number of aryl methyl sites for hydroxylation is 1. The first-order valence-electron chi connectivity index (χ1n) is 6.76. The predicted molar refractivity (Wildman–Crippen MR) is 82.4 cm³/mol. The number of imidazole rings is 1. The van der Waals surface area contributed by atoms with E-state index in [2.05, 4.69) is 23.8 Å². The average molecular weight is 316 g/mol. The molecular weight excluding hydrogens is 297 g/mol. The van der Waals surface area contributed by atoms with Gasteiger partial charge in [-0.3, -0.25) is 0 Å². The fraction of sp³-hybridized carbons (Fsp3) is 0.571. The molecule has 0 amide bonds. The van der Waals surface area contributed by atoms with Crippen molar-refractivity contribution in [1.29, 1.82) is 0 Å². The van der Waals surface area contributed by atoms with Crippen LogP contribution in [-0.4, -0.2) is 27.7 Å². The van der Waals surface area contributed by atoms with Crippen molar-refractivity contribution in [2.75, 3.05) is 13.2 Å². The lowest BCUT2D eigenvalue weighted by Gasteiger charge is -2.09. The number of hydrogen-bond acceptors (Lipinski definition) is 3. The second-order valence-electron chi connectivity index (χ2n) is 5.13. The predicted octanol–water partition coefficient (Wildman–Crippen LogP) is 3.89. The Hall–Kier alpha value is -0.840. The van der Waals surface area contributed by atoms with Crippen molar-refractivity contribution >= 4 is 34.4 Å². The summed E-state index contributed by atoms with van der Waals surface area (Å²) >= 11 is 11.9. The first-order valence-corrected chi connectivity index (χ1v) is 7.67. The average Bonchev–Trinajstić information content (AvgIpc) is 2.75. The Bertz CT molecular complexity index is 569. The van der Waals surface area contributed by atoms with E-state index in [1.807, 2.05) is 10.6 Å². The maximum atomic E-state index is 5.95. The molecule has 0 aliphatic heterocycles. The van der Waals surface area contributed by atoms with Gasteiger partial charge >= 0.3 is 0 Å². The monoisotopic (exact) mass is 315 g/mol. The van der Waals surface area contributed by atoms with E-state index < -0.39 is 0 Å². The van der Waals surface area contributed by atoms with Gasteiger partial charge in [0, 0.05) is 26.0 Å². The minimum atomic E-state index is 0.362. The molecule has 0 aliphatic carbocycles. The van der Waals surface area contributed by atoms with Crippen molar-refractivity contribution in [3.8, 4) is 0 Å². The fourth-order valence-electron chi connectivity index (χ4n) is 2.01. The number of halogens is 2. The maximum absolute atomic E-state index is 5.95. The molecule has 4 nitrogen and oxygen atoms in total. The number of fused-ring (bicyclic) bond motifs is 1. The Morgan fingerprint density at radius 2 is 2.20 bits per heavy atom. The van der Waals surface area contributed by atoms with Gasteiger partial charge in [-0.15, -0.1) is 11.6 Å². The molecule has 0 N–H and O–H groups in total. The molecule has 0 aliphatic rings. The molecule has 0 spiro atoms. The maximum Gasteiger partial charge on any atom is 0.160 e. The van der Waals surface area contributed by atoms with Gasteiger partial charge in [0.15, 0.2) is 5.65 Å². The Balaban J connectivity index is 2.04. The molecule has 20 heavy (non-hydrogen) atoms. The lowest BCUT2D eigenvalue weighted by Crippen LogP contribution is -2.08. The van der Waals surface area contributed by atoms with E-state index >= 15 is 0 Å². The van der Waals surface area contributed by atoms with Crippen LogP contribution in [0.4, 0.5) is 0 Å². The second kappa shape index (κ2) is 7.25. The highest BCUT2D eigenvalue weighted by molar-refractivity contribution is 6.31. The standard InChI is InChI=1S/C14H19Cl2N3O/c1-10(2)9-20-5-3-4-19-13(7-15)18-12-6-11(16)8-17-14(12)19/h6,8,10H,3-5,7,9H2,1-2H3. The molecule has 2 aromatic heterocycles. The summed E-state index contributed by atoms with van der Waals surface area (Å²) in [6.45, 7) is 6.60. The van der Waals surface area contributed by atoms with Gasteiger partial charge in [-0.05, 0) is 18.4 Å². The minimum Gasteiger partial charge on any atom is -0.381 e. The molecule has 0 fully saturated rings. The van der Waals surface area contributed by atoms with Gasteiger partial charge in [-0.25, -0.2) is 9.97 Å². The third-order valence-corrected chi connectivity index (χ3v) is 3.32. The van der Waals surface area contributed by atoms with Crippen molar-refractivity contribution in [1.82, 2.24) is 14.5 Å². The number of rotatable bonds is 7. The molecular formula is C14H19Cl2N3O. The smallest absolute Gasteiger partial charge is 0.160 e. The van der Waals surface area contributed by atoms with E-state index in [0.29, 0.717) is 16.8 Å². The summed E-state index contributed by atoms with van der Waals surface area (Å²) in [5.74, 6) is 1.74. The van der Waals surface area contributed by atoms with E-state index in [1.165, 1.54) is 0 Å². The molecule has 0 saturated carbocycles. The van der Waals surface area contributed by atoms with Gasteiger partial charge in [-0.2, -0.15) is 0 Å². The molecule has 0 saturated heterocycles. The van der Waals surface area contributed by atoms with E-state index in [9.17, 15) is 0 Å². The molecule has 2 aromatic rings. The van der Waals surface area contributed by atoms with Gasteiger partial charge in [0.1, 0.15) is 11.3 Å². The highest BCUT2D eigenvalue weighted by Crippen LogP contribution is 2.19. The number of pyridine rings is 1. The Kier molecular flexibility index (Phi) is 5.64. The van der Waals surface area contributed by atoms with Gasteiger partial charge in [0.05, 0.1) is 10.9 Å². The van der Waals surface area contributed by atoms with E-state index in [1.54, 1.807) is 6.20 Å². The van der Waals surface area contributed by atoms with Crippen LogP contribution in [0, 0.1) is 5.92 Å². The van der Waals surface area contributed by atoms with Crippen molar-refractivity contribution in [2.45, 2.75) is 32.7 Å². The van der Waals surface area contributed by atoms with E-state index in [0.717, 1.165) is 43.2 Å². The molecule has 110 valence electrons. The first kappa shape index (κ1) is 15.5. The molecule has 2 rings (SSSR count). The number of hydrogen-bond donors (Lipinski definition) is 0. The van der Waals surface area contributed by atoms with Crippen LogP contribution in [0.25, 0.3) is 11.2 Å². The van der Waals surface area contributed by atoms with Crippen LogP contribution in [-0.2, 0) is 17.2 Å². The van der Waals surface area contributed by atoms with Crippen molar-refractivity contribution in [3.63, 3.8) is 0 Å². The summed E-state index contributed by atoms with van der Waals surface area (Å²) < 4.78 is 7.63. The zero-order chi connectivity index (χ0) is 14.5. The number of nitrogens with zero attached hydrogens (tertiary/aromatic N) is 3. The molecule has 2 heterocycles. The van der Waals surface area contributed by atoms with Gasteiger partial charge in [0.25, 0.3) is 0 Å².